The van der Waals surface area contributed by atoms with Gasteiger partial charge in [0.15, 0.2) is 17.2 Å². The van der Waals surface area contributed by atoms with Crippen molar-refractivity contribution in [2.75, 3.05) is 0 Å². The molecule has 0 atom stereocenters. The third-order valence-electron chi connectivity index (χ3n) is 1.36. The van der Waals surface area contributed by atoms with Crippen molar-refractivity contribution >= 4 is 23.8 Å². The van der Waals surface area contributed by atoms with Crippen LogP contribution in [0, 0.1) is 0 Å². The Labute approximate surface area is 78.1 Å². The second kappa shape index (κ2) is 3.40. The van der Waals surface area contributed by atoms with Crippen molar-refractivity contribution in [2.45, 2.75) is 0 Å². The minimum absolute atomic E-state index is 0.117. The van der Waals surface area contributed by atoms with E-state index in [9.17, 15) is 9.59 Å². The standard InChI is InChI=1S/C7H5ClN2O3/c8-6-5(12)3(2-11)1-4(10-6)7(9)13/h1-2,12H,(H2,9,13). The first-order chi connectivity index (χ1) is 6.06. The van der Waals surface area contributed by atoms with E-state index in [1.54, 1.807) is 0 Å². The first-order valence-electron chi connectivity index (χ1n) is 3.20. The number of nitrogens with two attached hydrogens (primary N) is 1. The zero-order chi connectivity index (χ0) is 10.0. The van der Waals surface area contributed by atoms with Crippen LogP contribution >= 0.6 is 11.6 Å². The lowest BCUT2D eigenvalue weighted by Crippen LogP contribution is -2.13. The van der Waals surface area contributed by atoms with E-state index in [-0.39, 0.29) is 16.4 Å². The molecule has 0 aliphatic carbocycles. The second-order valence-electron chi connectivity index (χ2n) is 2.22. The Bertz CT molecular complexity index is 378. The number of aromatic nitrogens is 1. The van der Waals surface area contributed by atoms with Crippen molar-refractivity contribution in [2.24, 2.45) is 5.73 Å². The Hall–Kier alpha value is -1.62. The Kier molecular flexibility index (Phi) is 2.48. The summed E-state index contributed by atoms with van der Waals surface area (Å²) in [5, 5.41) is 8.81. The highest BCUT2D eigenvalue weighted by molar-refractivity contribution is 6.31. The molecule has 1 amide bonds. The summed E-state index contributed by atoms with van der Waals surface area (Å²) in [5.41, 5.74) is 4.62. The molecule has 1 aromatic rings. The van der Waals surface area contributed by atoms with Gasteiger partial charge in [0.1, 0.15) is 5.69 Å². The first-order valence-corrected chi connectivity index (χ1v) is 3.58. The molecule has 0 saturated carbocycles. The number of halogens is 1. The molecule has 0 aliphatic heterocycles. The van der Waals surface area contributed by atoms with Crippen molar-refractivity contribution in [1.82, 2.24) is 4.98 Å². The van der Waals surface area contributed by atoms with Gasteiger partial charge in [0, 0.05) is 0 Å². The quantitative estimate of drug-likeness (QED) is 0.532. The molecule has 0 fully saturated rings. The summed E-state index contributed by atoms with van der Waals surface area (Å²) in [6.07, 6.45) is 0.356. The molecule has 0 aliphatic rings. The summed E-state index contributed by atoms with van der Waals surface area (Å²) < 4.78 is 0. The molecule has 0 saturated heterocycles. The summed E-state index contributed by atoms with van der Waals surface area (Å²) in [4.78, 5) is 24.5. The van der Waals surface area contributed by atoms with Crippen LogP contribution in [0.3, 0.4) is 0 Å². The van der Waals surface area contributed by atoms with Crippen LogP contribution in [-0.2, 0) is 0 Å². The molecule has 0 unspecified atom stereocenters. The smallest absolute Gasteiger partial charge is 0.267 e. The molecule has 1 aromatic heterocycles. The molecule has 0 spiro atoms. The van der Waals surface area contributed by atoms with Crippen LogP contribution in [0.4, 0.5) is 0 Å². The van der Waals surface area contributed by atoms with E-state index >= 15 is 0 Å². The fourth-order valence-electron chi connectivity index (χ4n) is 0.742. The largest absolute Gasteiger partial charge is 0.504 e. The normalized spacial score (nSPS) is 9.62. The second-order valence-corrected chi connectivity index (χ2v) is 2.58. The molecule has 0 bridgehead atoms. The maximum atomic E-state index is 10.6. The van der Waals surface area contributed by atoms with E-state index in [0.717, 1.165) is 6.07 Å². The van der Waals surface area contributed by atoms with Crippen LogP contribution in [0.25, 0.3) is 0 Å². The van der Waals surface area contributed by atoms with Gasteiger partial charge in [0.2, 0.25) is 0 Å². The number of hydrogen-bond donors (Lipinski definition) is 2. The number of carbonyl (C=O) groups excluding carboxylic acids is 2. The van der Waals surface area contributed by atoms with Gasteiger partial charge < -0.3 is 10.8 Å². The highest BCUT2D eigenvalue weighted by atomic mass is 35.5. The average molecular weight is 201 g/mol. The molecule has 3 N–H and O–H groups in total. The Morgan fingerprint density at radius 2 is 2.31 bits per heavy atom. The van der Waals surface area contributed by atoms with Gasteiger partial charge in [-0.1, -0.05) is 11.6 Å². The molecular weight excluding hydrogens is 196 g/mol. The van der Waals surface area contributed by atoms with Gasteiger partial charge in [0.25, 0.3) is 5.91 Å². The number of hydrogen-bond acceptors (Lipinski definition) is 4. The monoisotopic (exact) mass is 200 g/mol. The van der Waals surface area contributed by atoms with Crippen LogP contribution in [0.1, 0.15) is 20.8 Å². The van der Waals surface area contributed by atoms with Crippen LogP contribution in [0.5, 0.6) is 5.75 Å². The molecule has 68 valence electrons. The van der Waals surface area contributed by atoms with Crippen LogP contribution < -0.4 is 5.73 Å². The van der Waals surface area contributed by atoms with E-state index in [1.807, 2.05) is 0 Å². The summed E-state index contributed by atoms with van der Waals surface area (Å²) in [7, 11) is 0. The van der Waals surface area contributed by atoms with Crippen molar-refractivity contribution < 1.29 is 14.7 Å². The lowest BCUT2D eigenvalue weighted by Gasteiger charge is -2.01. The predicted molar refractivity (Wildman–Crippen MR) is 44.8 cm³/mol. The summed E-state index contributed by atoms with van der Waals surface area (Å²) in [6.45, 7) is 0. The van der Waals surface area contributed by atoms with Crippen molar-refractivity contribution in [3.8, 4) is 5.75 Å². The minimum Gasteiger partial charge on any atom is -0.504 e. The van der Waals surface area contributed by atoms with Crippen LogP contribution in [-0.4, -0.2) is 22.3 Å². The highest BCUT2D eigenvalue weighted by Crippen LogP contribution is 2.24. The van der Waals surface area contributed by atoms with E-state index in [4.69, 9.17) is 22.4 Å². The van der Waals surface area contributed by atoms with Crippen LogP contribution in [0.15, 0.2) is 6.07 Å². The number of amides is 1. The molecule has 0 radical (unpaired) electrons. The van der Waals surface area contributed by atoms with Crippen molar-refractivity contribution in [3.05, 3.63) is 22.5 Å². The summed E-state index contributed by atoms with van der Waals surface area (Å²) in [6, 6.07) is 1.07. The average Bonchev–Trinajstić information content (AvgIpc) is 2.09. The SMILES string of the molecule is NC(=O)c1cc(C=O)c(O)c(Cl)n1. The number of pyridine rings is 1. The lowest BCUT2D eigenvalue weighted by molar-refractivity contribution is 0.0995. The number of aromatic hydroxyl groups is 1. The van der Waals surface area contributed by atoms with E-state index in [0.29, 0.717) is 6.29 Å². The fraction of sp³-hybridized carbons (Fsp3) is 0. The zero-order valence-electron chi connectivity index (χ0n) is 6.32. The topological polar surface area (TPSA) is 93.3 Å². The third-order valence-corrected chi connectivity index (χ3v) is 1.62. The zero-order valence-corrected chi connectivity index (χ0v) is 7.08. The molecule has 5 nitrogen and oxygen atoms in total. The van der Waals surface area contributed by atoms with E-state index in [2.05, 4.69) is 4.98 Å². The molecule has 1 heterocycles. The summed E-state index contributed by atoms with van der Waals surface area (Å²) in [5.74, 6) is -1.27. The Morgan fingerprint density at radius 3 is 2.77 bits per heavy atom. The van der Waals surface area contributed by atoms with Gasteiger partial charge in [-0.2, -0.15) is 0 Å². The van der Waals surface area contributed by atoms with Gasteiger partial charge in [0.05, 0.1) is 5.56 Å². The maximum absolute atomic E-state index is 10.6. The van der Waals surface area contributed by atoms with Crippen LogP contribution in [0.2, 0.25) is 5.15 Å². The molecule has 1 rings (SSSR count). The maximum Gasteiger partial charge on any atom is 0.267 e. The van der Waals surface area contributed by atoms with Gasteiger partial charge in [-0.15, -0.1) is 0 Å². The Morgan fingerprint density at radius 1 is 1.69 bits per heavy atom. The molecular formula is C7H5ClN2O3. The molecule has 13 heavy (non-hydrogen) atoms. The number of rotatable bonds is 2. The van der Waals surface area contributed by atoms with Crippen molar-refractivity contribution in [1.29, 1.82) is 0 Å². The molecule has 0 aromatic carbocycles. The minimum atomic E-state index is -0.815. The number of carbonyl (C=O) groups is 2. The number of aldehydes is 1. The van der Waals surface area contributed by atoms with Gasteiger partial charge in [-0.3, -0.25) is 9.59 Å². The van der Waals surface area contributed by atoms with Gasteiger partial charge in [-0.25, -0.2) is 4.98 Å². The number of nitrogens with zero attached hydrogens (tertiary/aromatic N) is 1. The third kappa shape index (κ3) is 1.75. The number of primary amides is 1. The molecule has 6 heteroatoms. The Balaban J connectivity index is 3.38. The van der Waals surface area contributed by atoms with Crippen molar-refractivity contribution in [3.63, 3.8) is 0 Å². The van der Waals surface area contributed by atoms with E-state index < -0.39 is 11.7 Å². The first kappa shape index (κ1) is 9.47. The van der Waals surface area contributed by atoms with Gasteiger partial charge in [-0.05, 0) is 6.07 Å². The predicted octanol–water partition coefficient (Wildman–Crippen LogP) is 0.352. The van der Waals surface area contributed by atoms with Gasteiger partial charge >= 0.3 is 0 Å². The lowest BCUT2D eigenvalue weighted by atomic mass is 10.2. The summed E-state index contributed by atoms with van der Waals surface area (Å²) >= 11 is 5.41. The van der Waals surface area contributed by atoms with E-state index in [1.165, 1.54) is 0 Å². The highest BCUT2D eigenvalue weighted by Gasteiger charge is 2.12. The fourth-order valence-corrected chi connectivity index (χ4v) is 0.942.